The molecule has 0 aliphatic rings. The Morgan fingerprint density at radius 2 is 2.22 bits per heavy atom. The summed E-state index contributed by atoms with van der Waals surface area (Å²) in [5, 5.41) is 3.31. The van der Waals surface area contributed by atoms with Crippen LogP contribution in [0, 0.1) is 0 Å². The highest BCUT2D eigenvalue weighted by Gasteiger charge is 2.04. The van der Waals surface area contributed by atoms with Crippen LogP contribution in [0.25, 0.3) is 0 Å². The molecule has 0 atom stereocenters. The number of hydrogen-bond acceptors (Lipinski definition) is 4. The monoisotopic (exact) mass is 251 g/mol. The fraction of sp³-hybridized carbons (Fsp3) is 0.643. The van der Waals surface area contributed by atoms with Crippen LogP contribution < -0.4 is 5.32 Å². The van der Waals surface area contributed by atoms with Gasteiger partial charge in [-0.2, -0.15) is 0 Å². The predicted molar refractivity (Wildman–Crippen MR) is 75.8 cm³/mol. The predicted octanol–water partition coefficient (Wildman–Crippen LogP) is 2.37. The van der Waals surface area contributed by atoms with E-state index in [9.17, 15) is 0 Å². The zero-order valence-electron chi connectivity index (χ0n) is 11.8. The van der Waals surface area contributed by atoms with E-state index in [1.807, 2.05) is 6.20 Å². The number of methoxy groups -OCH3 is 1. The summed E-state index contributed by atoms with van der Waals surface area (Å²) in [6.07, 6.45) is 2.98. The molecular weight excluding hydrogens is 226 g/mol. The van der Waals surface area contributed by atoms with Gasteiger partial charge in [-0.05, 0) is 30.7 Å². The maximum atomic E-state index is 5.12. The largest absolute Gasteiger partial charge is 0.383 e. The second kappa shape index (κ2) is 8.89. The molecule has 0 spiro atoms. The number of rotatable bonds is 9. The first-order valence-electron chi connectivity index (χ1n) is 6.70. The first-order valence-corrected chi connectivity index (χ1v) is 6.70. The van der Waals surface area contributed by atoms with Crippen molar-refractivity contribution >= 4 is 5.82 Å². The van der Waals surface area contributed by atoms with Gasteiger partial charge in [0.15, 0.2) is 0 Å². The zero-order chi connectivity index (χ0) is 13.2. The van der Waals surface area contributed by atoms with Crippen molar-refractivity contribution in [2.45, 2.75) is 26.8 Å². The summed E-state index contributed by atoms with van der Waals surface area (Å²) in [5.74, 6) is 0.970. The Kier molecular flexibility index (Phi) is 7.37. The highest BCUT2D eigenvalue weighted by molar-refractivity contribution is 5.37. The summed E-state index contributed by atoms with van der Waals surface area (Å²) in [7, 11) is 1.74. The van der Waals surface area contributed by atoms with Crippen LogP contribution in [0.15, 0.2) is 18.3 Å². The molecule has 0 unspecified atom stereocenters. The van der Waals surface area contributed by atoms with Crippen molar-refractivity contribution < 1.29 is 4.74 Å². The number of anilines is 1. The van der Waals surface area contributed by atoms with E-state index in [-0.39, 0.29) is 0 Å². The maximum absolute atomic E-state index is 5.12. The lowest BCUT2D eigenvalue weighted by Gasteiger charge is -2.20. The molecule has 1 aromatic rings. The van der Waals surface area contributed by atoms with Gasteiger partial charge in [-0.1, -0.05) is 13.8 Å². The molecule has 0 aliphatic heterocycles. The molecule has 4 heteroatoms. The molecule has 1 rings (SSSR count). The summed E-state index contributed by atoms with van der Waals surface area (Å²) in [5.41, 5.74) is 1.29. The minimum atomic E-state index is 0.778. The SMILES string of the molecule is CCCNc1cc(CN(CC)CCOC)ccn1. The van der Waals surface area contributed by atoms with Crippen LogP contribution in [0.4, 0.5) is 5.82 Å². The number of hydrogen-bond donors (Lipinski definition) is 1. The molecule has 1 aromatic heterocycles. The molecule has 0 radical (unpaired) electrons. The van der Waals surface area contributed by atoms with E-state index >= 15 is 0 Å². The van der Waals surface area contributed by atoms with Crippen molar-refractivity contribution in [1.82, 2.24) is 9.88 Å². The van der Waals surface area contributed by atoms with Crippen LogP contribution in [0.5, 0.6) is 0 Å². The van der Waals surface area contributed by atoms with Crippen LogP contribution in [-0.2, 0) is 11.3 Å². The average Bonchev–Trinajstić information content (AvgIpc) is 2.41. The van der Waals surface area contributed by atoms with Crippen molar-refractivity contribution in [3.63, 3.8) is 0 Å². The third-order valence-electron chi connectivity index (χ3n) is 2.85. The smallest absolute Gasteiger partial charge is 0.126 e. The third kappa shape index (κ3) is 5.47. The molecule has 0 amide bonds. The minimum absolute atomic E-state index is 0.778. The highest BCUT2D eigenvalue weighted by Crippen LogP contribution is 2.09. The summed E-state index contributed by atoms with van der Waals surface area (Å²) in [6.45, 7) is 9.02. The highest BCUT2D eigenvalue weighted by atomic mass is 16.5. The van der Waals surface area contributed by atoms with Crippen molar-refractivity contribution in [3.8, 4) is 0 Å². The Labute approximate surface area is 110 Å². The van der Waals surface area contributed by atoms with Crippen molar-refractivity contribution in [2.24, 2.45) is 0 Å². The van der Waals surface area contributed by atoms with Gasteiger partial charge in [0.2, 0.25) is 0 Å². The van der Waals surface area contributed by atoms with Crippen LogP contribution in [-0.4, -0.2) is 43.2 Å². The molecule has 18 heavy (non-hydrogen) atoms. The first-order chi connectivity index (χ1) is 8.80. The molecule has 0 aromatic carbocycles. The summed E-state index contributed by atoms with van der Waals surface area (Å²) in [4.78, 5) is 6.68. The molecule has 0 saturated heterocycles. The second-order valence-corrected chi connectivity index (χ2v) is 4.34. The Hall–Kier alpha value is -1.13. The van der Waals surface area contributed by atoms with Crippen molar-refractivity contribution in [3.05, 3.63) is 23.9 Å². The molecule has 1 N–H and O–H groups in total. The van der Waals surface area contributed by atoms with Crippen LogP contribution in [0.3, 0.4) is 0 Å². The molecule has 102 valence electrons. The van der Waals surface area contributed by atoms with Gasteiger partial charge in [0, 0.05) is 32.9 Å². The van der Waals surface area contributed by atoms with Crippen LogP contribution >= 0.6 is 0 Å². The van der Waals surface area contributed by atoms with Gasteiger partial charge in [0.1, 0.15) is 5.82 Å². The second-order valence-electron chi connectivity index (χ2n) is 4.34. The van der Waals surface area contributed by atoms with Crippen molar-refractivity contribution in [1.29, 1.82) is 0 Å². The maximum Gasteiger partial charge on any atom is 0.126 e. The van der Waals surface area contributed by atoms with Gasteiger partial charge < -0.3 is 10.1 Å². The van der Waals surface area contributed by atoms with E-state index in [1.165, 1.54) is 5.56 Å². The quantitative estimate of drug-likeness (QED) is 0.731. The van der Waals surface area contributed by atoms with E-state index in [0.29, 0.717) is 0 Å². The molecule has 4 nitrogen and oxygen atoms in total. The average molecular weight is 251 g/mol. The lowest BCUT2D eigenvalue weighted by molar-refractivity contribution is 0.147. The van der Waals surface area contributed by atoms with Gasteiger partial charge in [0.05, 0.1) is 6.61 Å². The summed E-state index contributed by atoms with van der Waals surface area (Å²) >= 11 is 0. The molecule has 0 fully saturated rings. The van der Waals surface area contributed by atoms with E-state index in [0.717, 1.165) is 45.0 Å². The number of ether oxygens (including phenoxy) is 1. The minimum Gasteiger partial charge on any atom is -0.383 e. The van der Waals surface area contributed by atoms with Gasteiger partial charge in [-0.15, -0.1) is 0 Å². The molecular formula is C14H25N3O. The fourth-order valence-electron chi connectivity index (χ4n) is 1.75. The molecule has 0 bridgehead atoms. The van der Waals surface area contributed by atoms with E-state index in [4.69, 9.17) is 4.74 Å². The Balaban J connectivity index is 2.53. The number of aromatic nitrogens is 1. The van der Waals surface area contributed by atoms with Gasteiger partial charge >= 0.3 is 0 Å². The first kappa shape index (κ1) is 14.9. The topological polar surface area (TPSA) is 37.4 Å². The Bertz CT molecular complexity index is 331. The van der Waals surface area contributed by atoms with E-state index in [2.05, 4.69) is 41.2 Å². The van der Waals surface area contributed by atoms with Crippen LogP contribution in [0.2, 0.25) is 0 Å². The van der Waals surface area contributed by atoms with E-state index < -0.39 is 0 Å². The van der Waals surface area contributed by atoms with Gasteiger partial charge in [-0.25, -0.2) is 4.98 Å². The Morgan fingerprint density at radius 1 is 1.39 bits per heavy atom. The number of nitrogens with one attached hydrogen (secondary N) is 1. The fourth-order valence-corrected chi connectivity index (χ4v) is 1.75. The van der Waals surface area contributed by atoms with Gasteiger partial charge in [-0.3, -0.25) is 4.90 Å². The summed E-state index contributed by atoms with van der Waals surface area (Å²) in [6, 6.07) is 4.21. The normalized spacial score (nSPS) is 10.9. The number of pyridine rings is 1. The third-order valence-corrected chi connectivity index (χ3v) is 2.85. The van der Waals surface area contributed by atoms with Gasteiger partial charge in [0.25, 0.3) is 0 Å². The number of nitrogens with zero attached hydrogens (tertiary/aromatic N) is 2. The Morgan fingerprint density at radius 3 is 2.89 bits per heavy atom. The lowest BCUT2D eigenvalue weighted by Crippen LogP contribution is -2.26. The van der Waals surface area contributed by atoms with Crippen LogP contribution in [0.1, 0.15) is 25.8 Å². The zero-order valence-corrected chi connectivity index (χ0v) is 11.8. The number of likely N-dealkylation sites (N-methyl/N-ethyl adjacent to an activating group) is 1. The van der Waals surface area contributed by atoms with E-state index in [1.54, 1.807) is 7.11 Å². The molecule has 1 heterocycles. The lowest BCUT2D eigenvalue weighted by atomic mass is 10.2. The summed E-state index contributed by atoms with van der Waals surface area (Å²) < 4.78 is 5.12. The van der Waals surface area contributed by atoms with Crippen molar-refractivity contribution in [2.75, 3.05) is 38.7 Å². The molecule has 0 saturated carbocycles. The standard InChI is InChI=1S/C14H25N3O/c1-4-7-15-14-11-13(6-8-16-14)12-17(5-2)9-10-18-3/h6,8,11H,4-5,7,9-10,12H2,1-3H3,(H,15,16). The molecule has 0 aliphatic carbocycles.